The molecule has 1 N–H and O–H groups in total. The molecule has 0 saturated heterocycles. The van der Waals surface area contributed by atoms with Crippen LogP contribution in [0.2, 0.25) is 0 Å². The fourth-order valence-corrected chi connectivity index (χ4v) is 10.9. The summed E-state index contributed by atoms with van der Waals surface area (Å²) in [6.07, 6.45) is 48.4. The van der Waals surface area contributed by atoms with E-state index in [4.69, 9.17) is 14.6 Å². The van der Waals surface area contributed by atoms with E-state index in [1.54, 1.807) is 85.5 Å². The molecule has 0 unspecified atom stereocenters. The van der Waals surface area contributed by atoms with Gasteiger partial charge in [0.1, 0.15) is 23.1 Å². The van der Waals surface area contributed by atoms with Crippen molar-refractivity contribution in [2.24, 2.45) is 0 Å². The topological polar surface area (TPSA) is 141 Å². The number of unbranched alkanes of at least 4 members (excludes halogenated alkanes) is 24. The maximum atomic E-state index is 14.8. The number of ether oxygens (including phenoxy) is 2. The molecule has 0 radical (unpaired) electrons. The number of aryl methyl sites for hydroxylation is 5. The summed E-state index contributed by atoms with van der Waals surface area (Å²) >= 11 is 0. The Balaban J connectivity index is 0.000000268. The monoisotopic (exact) mass is 1260 g/mol. The molecule has 92 heavy (non-hydrogen) atoms. The van der Waals surface area contributed by atoms with Gasteiger partial charge in [-0.1, -0.05) is 225 Å². The lowest BCUT2D eigenvalue weighted by Crippen LogP contribution is -2.09. The second kappa shape index (κ2) is 45.7. The summed E-state index contributed by atoms with van der Waals surface area (Å²) < 4.78 is 40.5. The highest BCUT2D eigenvalue weighted by Crippen LogP contribution is 2.27. The number of carboxylic acid groups (broad SMARTS) is 1. The van der Waals surface area contributed by atoms with Crippen LogP contribution < -0.4 is 9.47 Å². The molecule has 496 valence electrons. The number of nitrogens with zero attached hydrogens (tertiary/aromatic N) is 4. The van der Waals surface area contributed by atoms with Gasteiger partial charge >= 0.3 is 17.9 Å². The van der Waals surface area contributed by atoms with Crippen molar-refractivity contribution in [2.45, 2.75) is 253 Å². The largest absolute Gasteiger partial charge is 0.478 e. The van der Waals surface area contributed by atoms with Gasteiger partial charge in [0.15, 0.2) is 11.6 Å². The summed E-state index contributed by atoms with van der Waals surface area (Å²) in [6.45, 7) is 11.1. The molecular weight excluding hydrogens is 1150 g/mol. The van der Waals surface area contributed by atoms with Gasteiger partial charge in [0.05, 0.1) is 27.8 Å². The van der Waals surface area contributed by atoms with Gasteiger partial charge in [-0.25, -0.2) is 43.1 Å². The number of carboxylic acids is 1. The number of aromatic carboxylic acids is 1. The van der Waals surface area contributed by atoms with Gasteiger partial charge in [0, 0.05) is 36.9 Å². The van der Waals surface area contributed by atoms with Crippen molar-refractivity contribution >= 4 is 17.9 Å². The highest BCUT2D eigenvalue weighted by atomic mass is 19.1. The number of benzene rings is 5. The summed E-state index contributed by atoms with van der Waals surface area (Å²) in [5, 5.41) is 8.77. The predicted molar refractivity (Wildman–Crippen MR) is 372 cm³/mol. The first-order chi connectivity index (χ1) is 44.9. The number of aromatic nitrogens is 4. The summed E-state index contributed by atoms with van der Waals surface area (Å²) in [6, 6.07) is 30.9. The Morgan fingerprint density at radius 3 is 0.837 bits per heavy atom. The normalized spacial score (nSPS) is 10.9. The number of esters is 2. The molecule has 5 aromatic carbocycles. The molecule has 12 heteroatoms. The molecule has 0 aliphatic rings. The van der Waals surface area contributed by atoms with Gasteiger partial charge in [-0.05, 0) is 153 Å². The van der Waals surface area contributed by atoms with Gasteiger partial charge in [-0.15, -0.1) is 0 Å². The third kappa shape index (κ3) is 29.9. The van der Waals surface area contributed by atoms with Crippen molar-refractivity contribution in [1.82, 2.24) is 19.9 Å². The Morgan fingerprint density at radius 2 is 0.576 bits per heavy atom. The number of hydrogen-bond acceptors (Lipinski definition) is 9. The number of rotatable bonds is 41. The zero-order valence-corrected chi connectivity index (χ0v) is 56.3. The van der Waals surface area contributed by atoms with Crippen LogP contribution in [0, 0.1) is 11.6 Å². The second-order valence-corrected chi connectivity index (χ2v) is 24.5. The van der Waals surface area contributed by atoms with Crippen molar-refractivity contribution < 1.29 is 37.7 Å². The van der Waals surface area contributed by atoms with Gasteiger partial charge in [0.25, 0.3) is 0 Å². The highest BCUT2D eigenvalue weighted by Gasteiger charge is 2.16. The zero-order chi connectivity index (χ0) is 65.8. The van der Waals surface area contributed by atoms with Crippen LogP contribution in [0.15, 0.2) is 134 Å². The lowest BCUT2D eigenvalue weighted by atomic mass is 10.0. The van der Waals surface area contributed by atoms with E-state index in [9.17, 15) is 23.2 Å². The van der Waals surface area contributed by atoms with Crippen molar-refractivity contribution in [2.75, 3.05) is 0 Å². The van der Waals surface area contributed by atoms with Crippen LogP contribution in [-0.2, 0) is 32.1 Å². The van der Waals surface area contributed by atoms with E-state index in [0.29, 0.717) is 28.3 Å². The third-order valence-electron chi connectivity index (χ3n) is 16.6. The standard InChI is InChI=1S/C33H43FN2O2.C32H41FN2O2.C15H22O2/c1-3-5-7-9-11-13-15-26-17-19-28(20-18-26)33(37)38-29-21-22-30(31(34)23-29)32-35-24-27(25-36-32)16-14-12-10-8-6-4-2;1-3-5-7-9-11-12-14-25-16-18-27(19-17-25)32(36)37-28-20-21-29(30(33)22-28)31-34-23-26(24-35-31)15-13-10-8-6-4-2;1-2-3-4-5-6-7-8-13-9-11-14(12-10-13)15(16)17/h17-25H,3-16H2,1-2H3;16-24H,3-15H2,1-2H3;9-12H,2-8H2,1H3,(H,16,17). The Morgan fingerprint density at radius 1 is 0.326 bits per heavy atom. The van der Waals surface area contributed by atoms with Gasteiger partial charge in [-0.2, -0.15) is 0 Å². The lowest BCUT2D eigenvalue weighted by Gasteiger charge is -2.08. The first-order valence-electron chi connectivity index (χ1n) is 35.1. The maximum Gasteiger partial charge on any atom is 0.343 e. The van der Waals surface area contributed by atoms with Crippen LogP contribution in [0.1, 0.15) is 280 Å². The van der Waals surface area contributed by atoms with E-state index >= 15 is 0 Å². The number of hydrogen-bond donors (Lipinski definition) is 1. The summed E-state index contributed by atoms with van der Waals surface area (Å²) in [5.41, 5.74) is 7.63. The van der Waals surface area contributed by atoms with E-state index in [1.165, 1.54) is 189 Å². The molecule has 0 fully saturated rings. The van der Waals surface area contributed by atoms with E-state index in [0.717, 1.165) is 68.9 Å². The maximum absolute atomic E-state index is 14.8. The third-order valence-corrected chi connectivity index (χ3v) is 16.6. The number of carbonyl (C=O) groups excluding carboxylic acids is 2. The summed E-state index contributed by atoms with van der Waals surface area (Å²) in [4.78, 5) is 53.3. The SMILES string of the molecule is CCCCCCCCc1ccc(C(=O)O)cc1.CCCCCCCCc1ccc(C(=O)Oc2ccc(-c3ncc(CCCCCCC)cn3)c(F)c2)cc1.CCCCCCCCc1ccc(C(=O)Oc2ccc(-c3ncc(CCCCCCCC)cn3)c(F)c2)cc1. The molecule has 0 saturated carbocycles. The highest BCUT2D eigenvalue weighted by molar-refractivity contribution is 5.92. The van der Waals surface area contributed by atoms with Gasteiger partial charge in [-0.3, -0.25) is 0 Å². The van der Waals surface area contributed by atoms with Crippen molar-refractivity contribution in [3.63, 3.8) is 0 Å². The summed E-state index contributed by atoms with van der Waals surface area (Å²) in [7, 11) is 0. The number of carbonyl (C=O) groups is 3. The van der Waals surface area contributed by atoms with Crippen LogP contribution in [0.4, 0.5) is 8.78 Å². The lowest BCUT2D eigenvalue weighted by molar-refractivity contribution is 0.0692. The van der Waals surface area contributed by atoms with Crippen LogP contribution in [0.5, 0.6) is 11.5 Å². The van der Waals surface area contributed by atoms with Crippen molar-refractivity contribution in [1.29, 1.82) is 0 Å². The predicted octanol–water partition coefficient (Wildman–Crippen LogP) is 22.5. The molecule has 7 rings (SSSR count). The molecule has 0 amide bonds. The molecule has 0 aliphatic carbocycles. The molecule has 0 aliphatic heterocycles. The molecular formula is C80H106F2N4O6. The molecule has 2 aromatic heterocycles. The van der Waals surface area contributed by atoms with Crippen LogP contribution in [-0.4, -0.2) is 43.0 Å². The molecule has 2 heterocycles. The average molecular weight is 1260 g/mol. The fraction of sp³-hybridized carbons (Fsp3) is 0.487. The smallest absolute Gasteiger partial charge is 0.343 e. The molecule has 7 aromatic rings. The van der Waals surface area contributed by atoms with Crippen LogP contribution in [0.3, 0.4) is 0 Å². The van der Waals surface area contributed by atoms with E-state index < -0.39 is 29.5 Å². The van der Waals surface area contributed by atoms with E-state index in [2.05, 4.69) is 54.6 Å². The Bertz CT molecular complexity index is 3140. The first-order valence-corrected chi connectivity index (χ1v) is 35.1. The quantitative estimate of drug-likeness (QED) is 0.0224. The number of halogens is 2. The Kier molecular flexibility index (Phi) is 37.4. The molecule has 0 bridgehead atoms. The van der Waals surface area contributed by atoms with Crippen molar-refractivity contribution in [3.8, 4) is 34.3 Å². The minimum atomic E-state index is -0.851. The second-order valence-electron chi connectivity index (χ2n) is 24.5. The van der Waals surface area contributed by atoms with Gasteiger partial charge < -0.3 is 14.6 Å². The van der Waals surface area contributed by atoms with Crippen molar-refractivity contribution in [3.05, 3.63) is 190 Å². The van der Waals surface area contributed by atoms with Crippen LogP contribution >= 0.6 is 0 Å². The minimum absolute atomic E-state index is 0.158. The van der Waals surface area contributed by atoms with E-state index in [-0.39, 0.29) is 22.6 Å². The van der Waals surface area contributed by atoms with E-state index in [1.807, 2.05) is 36.4 Å². The molecule has 10 nitrogen and oxygen atoms in total. The van der Waals surface area contributed by atoms with Crippen LogP contribution in [0.25, 0.3) is 22.8 Å². The molecule has 0 spiro atoms. The molecule has 0 atom stereocenters. The first kappa shape index (κ1) is 75.3. The average Bonchev–Trinajstić information content (AvgIpc) is 1.26. The van der Waals surface area contributed by atoms with Gasteiger partial charge in [0.2, 0.25) is 0 Å². The zero-order valence-electron chi connectivity index (χ0n) is 56.3. The minimum Gasteiger partial charge on any atom is -0.478 e. The fourth-order valence-electron chi connectivity index (χ4n) is 10.9. The Labute approximate surface area is 550 Å². The Hall–Kier alpha value is -7.47. The summed E-state index contributed by atoms with van der Waals surface area (Å²) in [5.74, 6) is -1.93.